The van der Waals surface area contributed by atoms with Gasteiger partial charge >= 0.3 is 6.03 Å². The fourth-order valence-electron chi connectivity index (χ4n) is 3.61. The zero-order valence-electron chi connectivity index (χ0n) is 13.6. The highest BCUT2D eigenvalue weighted by Gasteiger charge is 2.54. The van der Waals surface area contributed by atoms with Gasteiger partial charge in [-0.15, -0.1) is 0 Å². The summed E-state index contributed by atoms with van der Waals surface area (Å²) < 4.78 is 25.4. The van der Waals surface area contributed by atoms with Gasteiger partial charge in [0.1, 0.15) is 0 Å². The normalized spacial score (nSPS) is 24.6. The van der Waals surface area contributed by atoms with Crippen LogP contribution in [0.1, 0.15) is 5.56 Å². The maximum atomic E-state index is 13.1. The minimum Gasteiger partial charge on any atom is -0.288 e. The van der Waals surface area contributed by atoms with E-state index < -0.39 is 9.84 Å². The largest absolute Gasteiger partial charge is 0.329 e. The quantitative estimate of drug-likeness (QED) is 0.699. The number of sulfone groups is 1. The number of rotatable bonds is 2. The standard InChI is InChI=1S/C18H17BrN2O3S/c1-12-2-6-14(7-3-12)20-16-10-25(23,24)11-17(16)21(18(20)22)15-8-4-13(19)5-9-15/h2-9,16-17H,10-11H2,1H3. The van der Waals surface area contributed by atoms with Crippen LogP contribution in [0.25, 0.3) is 0 Å². The van der Waals surface area contributed by atoms with Gasteiger partial charge in [-0.25, -0.2) is 13.2 Å². The SMILES string of the molecule is Cc1ccc(N2C(=O)N(c3ccc(Br)cc3)C3CS(=O)(=O)CC32)cc1. The number of urea groups is 1. The molecule has 0 bridgehead atoms. The lowest BCUT2D eigenvalue weighted by molar-refractivity contribution is 0.255. The van der Waals surface area contributed by atoms with Gasteiger partial charge in [-0.1, -0.05) is 33.6 Å². The first-order valence-corrected chi connectivity index (χ1v) is 10.6. The summed E-state index contributed by atoms with van der Waals surface area (Å²) in [5.74, 6) is 0.00609. The Morgan fingerprint density at radius 2 is 1.32 bits per heavy atom. The molecule has 25 heavy (non-hydrogen) atoms. The summed E-state index contributed by atoms with van der Waals surface area (Å²) in [5, 5.41) is 0. The summed E-state index contributed by atoms with van der Waals surface area (Å²) >= 11 is 3.39. The van der Waals surface area contributed by atoms with E-state index in [0.29, 0.717) is 0 Å². The number of anilines is 2. The van der Waals surface area contributed by atoms with Crippen LogP contribution in [0.5, 0.6) is 0 Å². The number of nitrogens with zero attached hydrogens (tertiary/aromatic N) is 2. The average Bonchev–Trinajstić information content (AvgIpc) is 2.99. The number of fused-ring (bicyclic) bond motifs is 1. The molecular weight excluding hydrogens is 404 g/mol. The molecule has 2 unspecified atom stereocenters. The van der Waals surface area contributed by atoms with E-state index >= 15 is 0 Å². The molecule has 2 aromatic rings. The number of benzene rings is 2. The molecule has 0 radical (unpaired) electrons. The maximum Gasteiger partial charge on any atom is 0.329 e. The summed E-state index contributed by atoms with van der Waals surface area (Å²) in [5.41, 5.74) is 2.55. The van der Waals surface area contributed by atoms with E-state index in [0.717, 1.165) is 21.4 Å². The molecule has 2 saturated heterocycles. The van der Waals surface area contributed by atoms with Crippen molar-refractivity contribution in [2.75, 3.05) is 21.3 Å². The van der Waals surface area contributed by atoms with Crippen molar-refractivity contribution in [3.8, 4) is 0 Å². The molecule has 2 aliphatic heterocycles. The molecule has 0 spiro atoms. The lowest BCUT2D eigenvalue weighted by Gasteiger charge is -2.22. The van der Waals surface area contributed by atoms with Gasteiger partial charge in [0.05, 0.1) is 23.6 Å². The maximum absolute atomic E-state index is 13.1. The monoisotopic (exact) mass is 420 g/mol. The Balaban J connectivity index is 1.79. The van der Waals surface area contributed by atoms with Crippen LogP contribution >= 0.6 is 15.9 Å². The lowest BCUT2D eigenvalue weighted by atomic mass is 10.1. The second kappa shape index (κ2) is 5.85. The zero-order chi connectivity index (χ0) is 17.8. The number of amides is 2. The molecular formula is C18H17BrN2O3S. The molecule has 0 aromatic heterocycles. The van der Waals surface area contributed by atoms with E-state index in [1.165, 1.54) is 0 Å². The Bertz CT molecular complexity index is 856. The fraction of sp³-hybridized carbons (Fsp3) is 0.278. The molecule has 2 atom stereocenters. The van der Waals surface area contributed by atoms with Crippen LogP contribution in [0, 0.1) is 6.92 Å². The molecule has 2 heterocycles. The first-order valence-electron chi connectivity index (χ1n) is 8.01. The third-order valence-corrected chi connectivity index (χ3v) is 7.01. The molecule has 0 saturated carbocycles. The Labute approximate surface area is 155 Å². The van der Waals surface area contributed by atoms with Crippen molar-refractivity contribution in [2.24, 2.45) is 0 Å². The van der Waals surface area contributed by atoms with Crippen molar-refractivity contribution < 1.29 is 13.2 Å². The van der Waals surface area contributed by atoms with Gasteiger partial charge in [0.15, 0.2) is 9.84 Å². The molecule has 2 aromatic carbocycles. The minimum atomic E-state index is -3.17. The summed E-state index contributed by atoms with van der Waals surface area (Å²) in [7, 11) is -3.17. The van der Waals surface area contributed by atoms with Crippen LogP contribution in [0.15, 0.2) is 53.0 Å². The number of aryl methyl sites for hydroxylation is 1. The highest BCUT2D eigenvalue weighted by atomic mass is 79.9. The van der Waals surface area contributed by atoms with Gasteiger partial charge in [0.2, 0.25) is 0 Å². The third kappa shape index (κ3) is 2.85. The van der Waals surface area contributed by atoms with Crippen LogP contribution in [0.4, 0.5) is 16.2 Å². The first kappa shape index (κ1) is 16.6. The van der Waals surface area contributed by atoms with Crippen molar-refractivity contribution in [2.45, 2.75) is 19.0 Å². The van der Waals surface area contributed by atoms with E-state index in [1.807, 2.05) is 55.5 Å². The van der Waals surface area contributed by atoms with Crippen molar-refractivity contribution in [3.05, 3.63) is 58.6 Å². The van der Waals surface area contributed by atoms with Crippen LogP contribution in [-0.4, -0.2) is 38.0 Å². The molecule has 2 aliphatic rings. The summed E-state index contributed by atoms with van der Waals surface area (Å²) in [6, 6.07) is 14.1. The number of carbonyl (C=O) groups excluding carboxylic acids is 1. The number of hydrogen-bond acceptors (Lipinski definition) is 3. The van der Waals surface area contributed by atoms with Gasteiger partial charge in [0, 0.05) is 15.8 Å². The highest BCUT2D eigenvalue weighted by molar-refractivity contribution is 9.10. The van der Waals surface area contributed by atoms with Gasteiger partial charge in [-0.3, -0.25) is 9.80 Å². The fourth-order valence-corrected chi connectivity index (χ4v) is 5.80. The first-order chi connectivity index (χ1) is 11.9. The topological polar surface area (TPSA) is 57.7 Å². The minimum absolute atomic E-state index is 0.00182. The molecule has 4 rings (SSSR count). The van der Waals surface area contributed by atoms with Crippen LogP contribution in [0.2, 0.25) is 0 Å². The third-order valence-electron chi connectivity index (χ3n) is 4.79. The van der Waals surface area contributed by atoms with E-state index in [2.05, 4.69) is 15.9 Å². The second-order valence-electron chi connectivity index (χ2n) is 6.55. The van der Waals surface area contributed by atoms with E-state index in [4.69, 9.17) is 0 Å². The van der Waals surface area contributed by atoms with Gasteiger partial charge in [0.25, 0.3) is 0 Å². The highest BCUT2D eigenvalue weighted by Crippen LogP contribution is 2.38. The van der Waals surface area contributed by atoms with E-state index in [9.17, 15) is 13.2 Å². The predicted octanol–water partition coefficient (Wildman–Crippen LogP) is 3.37. The Morgan fingerprint density at radius 3 is 1.80 bits per heavy atom. The summed E-state index contributed by atoms with van der Waals surface area (Å²) in [6.45, 7) is 1.98. The molecule has 2 fully saturated rings. The molecule has 130 valence electrons. The molecule has 0 aliphatic carbocycles. The number of hydrogen-bond donors (Lipinski definition) is 0. The van der Waals surface area contributed by atoms with Crippen molar-refractivity contribution in [1.82, 2.24) is 0 Å². The van der Waals surface area contributed by atoms with Gasteiger partial charge in [-0.2, -0.15) is 0 Å². The summed E-state index contributed by atoms with van der Waals surface area (Å²) in [6.07, 6.45) is 0. The Morgan fingerprint density at radius 1 is 0.880 bits per heavy atom. The van der Waals surface area contributed by atoms with Crippen molar-refractivity contribution in [3.63, 3.8) is 0 Å². The van der Waals surface area contributed by atoms with Crippen molar-refractivity contribution >= 4 is 43.2 Å². The van der Waals surface area contributed by atoms with Gasteiger partial charge < -0.3 is 0 Å². The van der Waals surface area contributed by atoms with Gasteiger partial charge in [-0.05, 0) is 43.3 Å². The van der Waals surface area contributed by atoms with Crippen LogP contribution in [-0.2, 0) is 9.84 Å². The second-order valence-corrected chi connectivity index (χ2v) is 9.62. The molecule has 0 N–H and O–H groups in total. The summed E-state index contributed by atoms with van der Waals surface area (Å²) in [4.78, 5) is 16.4. The Hall–Kier alpha value is -1.86. The molecule has 2 amide bonds. The van der Waals surface area contributed by atoms with Crippen LogP contribution in [0.3, 0.4) is 0 Å². The van der Waals surface area contributed by atoms with Crippen LogP contribution < -0.4 is 9.80 Å². The number of carbonyl (C=O) groups is 1. The van der Waals surface area contributed by atoms with E-state index in [1.54, 1.807) is 9.80 Å². The van der Waals surface area contributed by atoms with Crippen molar-refractivity contribution in [1.29, 1.82) is 0 Å². The Kier molecular flexibility index (Phi) is 3.88. The predicted molar refractivity (Wildman–Crippen MR) is 102 cm³/mol. The smallest absolute Gasteiger partial charge is 0.288 e. The molecule has 5 nitrogen and oxygen atoms in total. The lowest BCUT2D eigenvalue weighted by Crippen LogP contribution is -2.37. The average molecular weight is 421 g/mol. The number of halogens is 1. The zero-order valence-corrected chi connectivity index (χ0v) is 16.0. The molecule has 7 heteroatoms. The van der Waals surface area contributed by atoms with E-state index in [-0.39, 0.29) is 29.6 Å².